The van der Waals surface area contributed by atoms with E-state index < -0.39 is 47.5 Å². The zero-order chi connectivity index (χ0) is 43.9. The number of aliphatic hydroxyl groups is 2. The summed E-state index contributed by atoms with van der Waals surface area (Å²) in [6.07, 6.45) is -4.75. The van der Waals surface area contributed by atoms with Gasteiger partial charge < -0.3 is 34.8 Å². The quantitative estimate of drug-likeness (QED) is 0.121. The Morgan fingerprint density at radius 3 is 1.97 bits per heavy atom. The number of likely N-dealkylation sites (tertiary alicyclic amines) is 1. The van der Waals surface area contributed by atoms with Crippen molar-refractivity contribution in [2.45, 2.75) is 102 Å². The third-order valence-electron chi connectivity index (χ3n) is 11.1. The van der Waals surface area contributed by atoms with Crippen LogP contribution in [0.25, 0.3) is 11.1 Å². The van der Waals surface area contributed by atoms with Gasteiger partial charge in [-0.3, -0.25) is 9.59 Å². The monoisotopic (exact) mass is 841 g/mol. The molecule has 2 aliphatic rings. The Balaban J connectivity index is 0.000000606. The van der Waals surface area contributed by atoms with Gasteiger partial charge in [0.05, 0.1) is 5.56 Å². The molecule has 1 amide bonds. The van der Waals surface area contributed by atoms with Gasteiger partial charge in [-0.25, -0.2) is 18.4 Å². The maximum absolute atomic E-state index is 14.5. The van der Waals surface area contributed by atoms with Crippen molar-refractivity contribution >= 4 is 17.8 Å². The van der Waals surface area contributed by atoms with E-state index in [0.29, 0.717) is 42.2 Å². The third-order valence-corrected chi connectivity index (χ3v) is 11.1. The van der Waals surface area contributed by atoms with E-state index in [9.17, 15) is 41.1 Å². The van der Waals surface area contributed by atoms with Crippen LogP contribution in [0.3, 0.4) is 0 Å². The number of fused-ring (bicyclic) bond motifs is 1. The zero-order valence-corrected chi connectivity index (χ0v) is 33.2. The van der Waals surface area contributed by atoms with Crippen LogP contribution in [-0.2, 0) is 59.3 Å². The van der Waals surface area contributed by atoms with Crippen molar-refractivity contribution in [1.82, 2.24) is 14.4 Å². The summed E-state index contributed by atoms with van der Waals surface area (Å²) >= 11 is 0. The number of rotatable bonds is 13. The van der Waals surface area contributed by atoms with Crippen molar-refractivity contribution in [2.24, 2.45) is 0 Å². The Kier molecular flexibility index (Phi) is 15.0. The van der Waals surface area contributed by atoms with Crippen LogP contribution in [0.2, 0.25) is 0 Å². The molecule has 0 spiro atoms. The van der Waals surface area contributed by atoms with Gasteiger partial charge in [-0.2, -0.15) is 13.2 Å². The number of hydrogen-bond donors (Lipinski definition) is 4. The molecule has 11 nitrogen and oxygen atoms in total. The van der Waals surface area contributed by atoms with Crippen molar-refractivity contribution < 1.29 is 56.8 Å². The van der Waals surface area contributed by atoms with Crippen molar-refractivity contribution in [2.75, 3.05) is 13.1 Å². The molecular formula is C44H48F5N3O8. The van der Waals surface area contributed by atoms with Crippen LogP contribution in [0.5, 0.6) is 0 Å². The number of hydrogen-bond acceptors (Lipinski definition) is 7. The number of carbonyl (C=O) groups is 3. The number of alkyl halides is 3. The highest BCUT2D eigenvalue weighted by Gasteiger charge is 2.32. The minimum absolute atomic E-state index is 0.00985. The van der Waals surface area contributed by atoms with E-state index >= 15 is 0 Å². The van der Waals surface area contributed by atoms with Gasteiger partial charge in [-0.05, 0) is 99.2 Å². The predicted molar refractivity (Wildman–Crippen MR) is 211 cm³/mol. The van der Waals surface area contributed by atoms with Gasteiger partial charge in [0.15, 0.2) is 29.3 Å². The molecule has 1 aliphatic heterocycles. The Morgan fingerprint density at radius 1 is 0.833 bits per heavy atom. The van der Waals surface area contributed by atoms with Crippen molar-refractivity contribution in [3.8, 4) is 11.1 Å². The van der Waals surface area contributed by atoms with Crippen LogP contribution in [0, 0.1) is 11.6 Å². The van der Waals surface area contributed by atoms with Gasteiger partial charge >= 0.3 is 18.1 Å². The predicted octanol–water partition coefficient (Wildman–Crippen LogP) is 5.87. The minimum atomic E-state index is -4.40. The SMILES string of the molecule is CC(C)N1CCC(N(Cc2ccc(-c3ccc(C(F)(F)F)cc3)cc2)C(=O)Cn2c(CCc3cccc(F)c3F)cc(=O)c3c2CCC3)CC1.O=C(O)[C@H](O)[C@@H](O)C(=O)O. The molecule has 6 rings (SSSR count). The largest absolute Gasteiger partial charge is 0.479 e. The number of carboxylic acids is 2. The Morgan fingerprint density at radius 2 is 1.42 bits per heavy atom. The maximum atomic E-state index is 14.5. The summed E-state index contributed by atoms with van der Waals surface area (Å²) in [5, 5.41) is 32.5. The highest BCUT2D eigenvalue weighted by atomic mass is 19.4. The smallest absolute Gasteiger partial charge is 0.416 e. The lowest BCUT2D eigenvalue weighted by Crippen LogP contribution is -2.49. The van der Waals surface area contributed by atoms with Crippen molar-refractivity contribution in [1.29, 1.82) is 0 Å². The molecule has 322 valence electrons. The molecule has 16 heteroatoms. The summed E-state index contributed by atoms with van der Waals surface area (Å²) in [4.78, 5) is 51.4. The number of carbonyl (C=O) groups excluding carboxylic acids is 1. The van der Waals surface area contributed by atoms with Crippen LogP contribution in [0.15, 0.2) is 77.6 Å². The highest BCUT2D eigenvalue weighted by Crippen LogP contribution is 2.31. The Bertz CT molecular complexity index is 2180. The first-order chi connectivity index (χ1) is 28.3. The van der Waals surface area contributed by atoms with Crippen LogP contribution in [0.1, 0.15) is 66.8 Å². The average molecular weight is 842 g/mol. The molecule has 2 heterocycles. The van der Waals surface area contributed by atoms with Crippen molar-refractivity contribution in [3.05, 3.63) is 128 Å². The van der Waals surface area contributed by atoms with Crippen molar-refractivity contribution in [3.63, 3.8) is 0 Å². The van der Waals surface area contributed by atoms with Gasteiger partial charge in [-0.1, -0.05) is 48.5 Å². The van der Waals surface area contributed by atoms with Crippen LogP contribution >= 0.6 is 0 Å². The number of amides is 1. The normalized spacial score (nSPS) is 15.5. The first-order valence-corrected chi connectivity index (χ1v) is 19.6. The van der Waals surface area contributed by atoms with Gasteiger partial charge in [0.1, 0.15) is 6.54 Å². The number of piperidine rings is 1. The topological polar surface area (TPSA) is 161 Å². The van der Waals surface area contributed by atoms with Crippen LogP contribution < -0.4 is 5.43 Å². The lowest BCUT2D eigenvalue weighted by Gasteiger charge is -2.40. The lowest BCUT2D eigenvalue weighted by molar-refractivity contribution is -0.165. The molecule has 2 atom stereocenters. The molecule has 0 saturated carbocycles. The molecule has 0 unspecified atom stereocenters. The summed E-state index contributed by atoms with van der Waals surface area (Å²) in [6.45, 7) is 6.42. The summed E-state index contributed by atoms with van der Waals surface area (Å²) in [6, 6.07) is 18.6. The number of aliphatic hydroxyl groups excluding tert-OH is 2. The van der Waals surface area contributed by atoms with Crippen LogP contribution in [-0.4, -0.2) is 90.0 Å². The molecule has 1 aliphatic carbocycles. The van der Waals surface area contributed by atoms with E-state index in [1.54, 1.807) is 6.07 Å². The number of pyridine rings is 1. The number of halogens is 5. The van der Waals surface area contributed by atoms with E-state index in [1.165, 1.54) is 24.3 Å². The second-order valence-corrected chi connectivity index (χ2v) is 15.3. The highest BCUT2D eigenvalue weighted by molar-refractivity contribution is 5.83. The number of aliphatic carboxylic acids is 2. The van der Waals surface area contributed by atoms with E-state index in [0.717, 1.165) is 67.4 Å². The molecule has 4 N–H and O–H groups in total. The fraction of sp³-hybridized carbons (Fsp3) is 0.409. The molecule has 3 aromatic carbocycles. The first-order valence-electron chi connectivity index (χ1n) is 19.6. The first kappa shape index (κ1) is 45.6. The molecule has 4 aromatic rings. The average Bonchev–Trinajstić information content (AvgIpc) is 3.72. The Labute approximate surface area is 343 Å². The molecule has 0 bridgehead atoms. The summed E-state index contributed by atoms with van der Waals surface area (Å²) in [5.41, 5.74) is 3.95. The van der Waals surface area contributed by atoms with E-state index in [-0.39, 0.29) is 42.3 Å². The second-order valence-electron chi connectivity index (χ2n) is 15.3. The molecule has 1 fully saturated rings. The number of aryl methyl sites for hydroxylation is 2. The molecule has 60 heavy (non-hydrogen) atoms. The molecular weight excluding hydrogens is 793 g/mol. The number of aromatic nitrogens is 1. The third kappa shape index (κ3) is 11.2. The summed E-state index contributed by atoms with van der Waals surface area (Å²) in [7, 11) is 0. The van der Waals surface area contributed by atoms with E-state index in [2.05, 4.69) is 18.7 Å². The van der Waals surface area contributed by atoms with Crippen LogP contribution in [0.4, 0.5) is 22.0 Å². The maximum Gasteiger partial charge on any atom is 0.416 e. The molecule has 1 aromatic heterocycles. The van der Waals surface area contributed by atoms with Gasteiger partial charge in [-0.15, -0.1) is 0 Å². The minimum Gasteiger partial charge on any atom is -0.479 e. The van der Waals surface area contributed by atoms with Gasteiger partial charge in [0.2, 0.25) is 5.91 Å². The summed E-state index contributed by atoms with van der Waals surface area (Å²) in [5.74, 6) is -5.45. The molecule has 0 radical (unpaired) electrons. The number of nitrogens with zero attached hydrogens (tertiary/aromatic N) is 3. The lowest BCUT2D eigenvalue weighted by atomic mass is 9.99. The summed E-state index contributed by atoms with van der Waals surface area (Å²) < 4.78 is 69.7. The fourth-order valence-electron chi connectivity index (χ4n) is 7.67. The number of benzene rings is 3. The Hall–Kier alpha value is -5.45. The van der Waals surface area contributed by atoms with Gasteiger partial charge in [0, 0.05) is 54.7 Å². The van der Waals surface area contributed by atoms with E-state index in [1.807, 2.05) is 33.7 Å². The van der Waals surface area contributed by atoms with Gasteiger partial charge in [0.25, 0.3) is 0 Å². The van der Waals surface area contributed by atoms with E-state index in [4.69, 9.17) is 20.4 Å². The zero-order valence-electron chi connectivity index (χ0n) is 33.2. The fourth-order valence-corrected chi connectivity index (χ4v) is 7.67. The number of carboxylic acid groups (broad SMARTS) is 2. The standard InChI is InChI=1S/C40H42F5N3O2.C4H6O6/c1-26(2)46-21-19-32(20-22-46)48(24-27-9-11-28(12-10-27)29-13-16-31(17-14-29)40(43,44)45)38(50)25-47-33(23-37(49)34-6-4-8-36(34)47)18-15-30-5-3-7-35(41)39(30)42;5-1(3(7)8)2(6)4(9)10/h3,5,7,9-14,16-17,23,26,32H,4,6,8,15,18-22,24-25H2,1-2H3;1-2,5-6H,(H,7,8)(H,9,10)/t;1-,2-/m.1/s1. The molecule has 1 saturated heterocycles. The second kappa shape index (κ2) is 19.7.